The molecule has 0 aliphatic carbocycles. The Kier molecular flexibility index (Phi) is 6.98. The summed E-state index contributed by atoms with van der Waals surface area (Å²) in [5, 5.41) is 22.0. The highest BCUT2D eigenvalue weighted by Crippen LogP contribution is 2.34. The molecule has 4 rings (SSSR count). The summed E-state index contributed by atoms with van der Waals surface area (Å²) in [7, 11) is 1.77. The van der Waals surface area contributed by atoms with Gasteiger partial charge in [-0.05, 0) is 57.5 Å². The van der Waals surface area contributed by atoms with Crippen molar-refractivity contribution < 1.29 is 14.6 Å². The van der Waals surface area contributed by atoms with Crippen molar-refractivity contribution in [2.75, 3.05) is 0 Å². The third-order valence-electron chi connectivity index (χ3n) is 5.06. The molecule has 3 aromatic rings. The maximum atomic E-state index is 11.8. The van der Waals surface area contributed by atoms with Gasteiger partial charge in [0.1, 0.15) is 6.10 Å². The van der Waals surface area contributed by atoms with Gasteiger partial charge in [-0.15, -0.1) is 5.10 Å². The lowest BCUT2D eigenvalue weighted by atomic mass is 9.91. The number of aliphatic hydroxyl groups is 1. The van der Waals surface area contributed by atoms with Crippen LogP contribution in [0, 0.1) is 0 Å². The van der Waals surface area contributed by atoms with E-state index >= 15 is 0 Å². The predicted molar refractivity (Wildman–Crippen MR) is 127 cm³/mol. The number of cyclic esters (lactones) is 1. The fourth-order valence-corrected chi connectivity index (χ4v) is 4.10. The van der Waals surface area contributed by atoms with Crippen LogP contribution in [0.15, 0.2) is 69.6 Å². The Morgan fingerprint density at radius 1 is 1.09 bits per heavy atom. The van der Waals surface area contributed by atoms with Crippen LogP contribution in [0.25, 0.3) is 11.1 Å². The Bertz CT molecular complexity index is 1120. The van der Waals surface area contributed by atoms with Gasteiger partial charge in [0.2, 0.25) is 0 Å². The molecule has 1 saturated heterocycles. The second-order valence-corrected chi connectivity index (χ2v) is 9.24. The molecule has 1 aromatic heterocycles. The first-order valence-corrected chi connectivity index (χ1v) is 11.5. The van der Waals surface area contributed by atoms with Gasteiger partial charge in [0, 0.05) is 28.0 Å². The van der Waals surface area contributed by atoms with Gasteiger partial charge in [-0.2, -0.15) is 0 Å². The lowest BCUT2D eigenvalue weighted by Crippen LogP contribution is -2.31. The van der Waals surface area contributed by atoms with Crippen molar-refractivity contribution in [3.05, 3.63) is 86.6 Å². The summed E-state index contributed by atoms with van der Waals surface area (Å²) in [5.41, 5.74) is 3.62. The highest BCUT2D eigenvalue weighted by atomic mass is 79.9. The predicted octanol–water partition coefficient (Wildman–Crippen LogP) is 4.32. The number of rotatable bonds is 5. The minimum Gasteiger partial charge on any atom is -0.458 e. The summed E-state index contributed by atoms with van der Waals surface area (Å²) in [6.45, 7) is 0. The van der Waals surface area contributed by atoms with Gasteiger partial charge in [0.25, 0.3) is 0 Å². The largest absolute Gasteiger partial charge is 0.458 e. The third-order valence-corrected chi connectivity index (χ3v) is 6.12. The van der Waals surface area contributed by atoms with E-state index in [9.17, 15) is 9.90 Å². The van der Waals surface area contributed by atoms with Gasteiger partial charge >= 0.3 is 5.97 Å². The zero-order chi connectivity index (χ0) is 22.7. The Morgan fingerprint density at radius 3 is 2.19 bits per heavy atom. The second-order valence-electron chi connectivity index (χ2n) is 7.41. The van der Waals surface area contributed by atoms with E-state index in [4.69, 9.17) is 4.74 Å². The quantitative estimate of drug-likeness (QED) is 0.370. The summed E-state index contributed by atoms with van der Waals surface area (Å²) in [6, 6.07) is 16.0. The molecule has 164 valence electrons. The van der Waals surface area contributed by atoms with Gasteiger partial charge in [0.15, 0.2) is 5.82 Å². The number of aromatic nitrogens is 4. The number of hydrogen-bond acceptors (Lipinski definition) is 6. The van der Waals surface area contributed by atoms with Crippen LogP contribution in [0.5, 0.6) is 0 Å². The van der Waals surface area contributed by atoms with E-state index in [-0.39, 0.29) is 6.42 Å². The fraction of sp³-hybridized carbons (Fsp3) is 0.217. The number of ether oxygens (including phenoxy) is 1. The van der Waals surface area contributed by atoms with Crippen molar-refractivity contribution in [1.82, 2.24) is 20.2 Å². The fourth-order valence-electron chi connectivity index (χ4n) is 3.57. The molecule has 0 amide bonds. The van der Waals surface area contributed by atoms with Crippen molar-refractivity contribution in [3.8, 4) is 0 Å². The summed E-state index contributed by atoms with van der Waals surface area (Å²) in [4.78, 5) is 11.8. The number of aliphatic hydroxyl groups excluding tert-OH is 1. The molecule has 2 heterocycles. The van der Waals surface area contributed by atoms with Gasteiger partial charge in [-0.1, -0.05) is 62.2 Å². The number of hydrogen-bond donors (Lipinski definition) is 1. The number of allylic oxidation sites excluding steroid dienone is 2. The Morgan fingerprint density at radius 2 is 1.69 bits per heavy atom. The highest BCUT2D eigenvalue weighted by molar-refractivity contribution is 9.10. The monoisotopic (exact) mass is 558 g/mol. The molecule has 32 heavy (non-hydrogen) atoms. The van der Waals surface area contributed by atoms with Crippen LogP contribution in [-0.2, 0) is 16.6 Å². The maximum Gasteiger partial charge on any atom is 0.309 e. The van der Waals surface area contributed by atoms with Gasteiger partial charge < -0.3 is 9.84 Å². The molecule has 1 N–H and O–H groups in total. The second kappa shape index (κ2) is 9.89. The number of benzene rings is 2. The topological polar surface area (TPSA) is 90.1 Å². The van der Waals surface area contributed by atoms with Crippen LogP contribution in [0.1, 0.15) is 29.8 Å². The Hall–Kier alpha value is -2.62. The molecule has 7 nitrogen and oxygen atoms in total. The molecular formula is C23H20Br2N4O3. The van der Waals surface area contributed by atoms with Gasteiger partial charge in [-0.3, -0.25) is 4.79 Å². The summed E-state index contributed by atoms with van der Waals surface area (Å²) in [5.74, 6) is 0.148. The molecule has 0 spiro atoms. The van der Waals surface area contributed by atoms with E-state index in [1.807, 2.05) is 54.6 Å². The Balaban J connectivity index is 1.90. The minimum absolute atomic E-state index is 0.0171. The molecule has 1 aliphatic rings. The van der Waals surface area contributed by atoms with E-state index in [2.05, 4.69) is 47.4 Å². The SMILES string of the molecule is Cn1nnnc1C(/C=C/[C@@H]1C[C@@H](O)CC(=O)O1)=C(c1ccc(Br)cc1)c1ccc(Br)cc1. The van der Waals surface area contributed by atoms with E-state index in [1.54, 1.807) is 17.8 Å². The van der Waals surface area contributed by atoms with Crippen LogP contribution >= 0.6 is 31.9 Å². The van der Waals surface area contributed by atoms with Crippen LogP contribution < -0.4 is 0 Å². The normalized spacial score (nSPS) is 18.6. The smallest absolute Gasteiger partial charge is 0.309 e. The number of aryl methyl sites for hydroxylation is 1. The number of carbonyl (C=O) groups excluding carboxylic acids is 1. The number of halogens is 2. The first-order chi connectivity index (χ1) is 15.4. The molecule has 1 aliphatic heterocycles. The van der Waals surface area contributed by atoms with Crippen LogP contribution in [0.2, 0.25) is 0 Å². The number of carbonyl (C=O) groups is 1. The van der Waals surface area contributed by atoms with Crippen molar-refractivity contribution in [1.29, 1.82) is 0 Å². The highest BCUT2D eigenvalue weighted by Gasteiger charge is 2.26. The molecule has 0 bridgehead atoms. The average molecular weight is 560 g/mol. The molecule has 0 saturated carbocycles. The lowest BCUT2D eigenvalue weighted by molar-refractivity contribution is -0.156. The molecule has 0 unspecified atom stereocenters. The van der Waals surface area contributed by atoms with Crippen molar-refractivity contribution >= 4 is 49.0 Å². The molecule has 9 heteroatoms. The summed E-state index contributed by atoms with van der Waals surface area (Å²) in [6.07, 6.45) is 2.76. The zero-order valence-corrected chi connectivity index (χ0v) is 20.3. The lowest BCUT2D eigenvalue weighted by Gasteiger charge is -2.23. The van der Waals surface area contributed by atoms with Gasteiger partial charge in [0.05, 0.1) is 12.5 Å². The van der Waals surface area contributed by atoms with Gasteiger partial charge in [-0.25, -0.2) is 4.68 Å². The van der Waals surface area contributed by atoms with E-state index in [0.29, 0.717) is 12.2 Å². The van der Waals surface area contributed by atoms with E-state index in [0.717, 1.165) is 31.2 Å². The van der Waals surface area contributed by atoms with Crippen LogP contribution in [-0.4, -0.2) is 43.5 Å². The average Bonchev–Trinajstić information content (AvgIpc) is 3.18. The summed E-state index contributed by atoms with van der Waals surface area (Å²) >= 11 is 6.99. The zero-order valence-electron chi connectivity index (χ0n) is 17.2. The first kappa shape index (κ1) is 22.6. The number of esters is 1. The Labute approximate surface area is 202 Å². The number of tetrazole rings is 1. The standard InChI is InChI=1S/C23H20Br2N4O3/c1-29-23(26-27-28-29)20(11-10-19-12-18(30)13-21(31)32-19)22(14-2-6-16(24)7-3-14)15-4-8-17(25)9-5-15/h2-11,18-19,30H,12-13H2,1H3/b11-10+/t18-,19-/m1/s1. The molecule has 0 radical (unpaired) electrons. The van der Waals surface area contributed by atoms with E-state index in [1.165, 1.54) is 0 Å². The van der Waals surface area contributed by atoms with Crippen molar-refractivity contribution in [2.24, 2.45) is 7.05 Å². The van der Waals surface area contributed by atoms with Crippen molar-refractivity contribution in [2.45, 2.75) is 25.0 Å². The number of nitrogens with zero attached hydrogens (tertiary/aromatic N) is 4. The molecule has 2 aromatic carbocycles. The van der Waals surface area contributed by atoms with Crippen LogP contribution in [0.3, 0.4) is 0 Å². The van der Waals surface area contributed by atoms with E-state index < -0.39 is 18.2 Å². The summed E-state index contributed by atoms with van der Waals surface area (Å²) < 4.78 is 8.93. The molecular weight excluding hydrogens is 540 g/mol. The maximum absolute atomic E-state index is 11.8. The molecule has 2 atom stereocenters. The van der Waals surface area contributed by atoms with Crippen LogP contribution in [0.4, 0.5) is 0 Å². The third kappa shape index (κ3) is 5.23. The first-order valence-electron chi connectivity index (χ1n) is 9.95. The minimum atomic E-state index is -0.716. The molecule has 1 fully saturated rings. The van der Waals surface area contributed by atoms with Crippen molar-refractivity contribution in [3.63, 3.8) is 0 Å².